The van der Waals surface area contributed by atoms with Crippen molar-refractivity contribution in [3.05, 3.63) is 156 Å². The van der Waals surface area contributed by atoms with E-state index in [2.05, 4.69) is 26.6 Å². The van der Waals surface area contributed by atoms with Crippen LogP contribution in [0.4, 0.5) is 4.79 Å². The van der Waals surface area contributed by atoms with E-state index in [-0.39, 0.29) is 50.7 Å². The molecule has 0 aromatic heterocycles. The number of benzene rings is 4. The maximum atomic E-state index is 14.3. The monoisotopic (exact) mass is 843 g/mol. The van der Waals surface area contributed by atoms with Gasteiger partial charge in [0.15, 0.2) is 0 Å². The van der Waals surface area contributed by atoms with E-state index in [1.165, 1.54) is 12.2 Å². The van der Waals surface area contributed by atoms with Crippen molar-refractivity contribution in [2.24, 2.45) is 11.8 Å². The van der Waals surface area contributed by atoms with Crippen LogP contribution >= 0.6 is 0 Å². The van der Waals surface area contributed by atoms with E-state index in [0.717, 1.165) is 22.3 Å². The average molecular weight is 844 g/mol. The van der Waals surface area contributed by atoms with Gasteiger partial charge in [0.05, 0.1) is 6.61 Å². The van der Waals surface area contributed by atoms with Crippen LogP contribution in [0.1, 0.15) is 75.1 Å². The highest BCUT2D eigenvalue weighted by Crippen LogP contribution is 2.37. The van der Waals surface area contributed by atoms with Crippen LogP contribution in [0, 0.1) is 11.8 Å². The van der Waals surface area contributed by atoms with Crippen LogP contribution in [0.15, 0.2) is 133 Å². The second-order valence-electron chi connectivity index (χ2n) is 15.6. The fraction of sp³-hybridized carbons (Fsp3) is 0.347. The van der Waals surface area contributed by atoms with Gasteiger partial charge < -0.3 is 36.1 Å². The third-order valence-electron chi connectivity index (χ3n) is 10.5. The summed E-state index contributed by atoms with van der Waals surface area (Å²) in [6.07, 6.45) is 2.47. The van der Waals surface area contributed by atoms with Gasteiger partial charge in [-0.3, -0.25) is 19.2 Å². The number of nitrogens with one attached hydrogen (secondary N) is 5. The van der Waals surface area contributed by atoms with Gasteiger partial charge in [0, 0.05) is 31.0 Å². The van der Waals surface area contributed by atoms with Crippen LogP contribution in [0.5, 0.6) is 0 Å². The molecular formula is C49H57N5O8. The van der Waals surface area contributed by atoms with Crippen LogP contribution in [0.2, 0.25) is 0 Å². The summed E-state index contributed by atoms with van der Waals surface area (Å²) in [7, 11) is 0. The minimum absolute atomic E-state index is 0.0599. The summed E-state index contributed by atoms with van der Waals surface area (Å²) in [5.74, 6) is -2.85. The van der Waals surface area contributed by atoms with E-state index in [0.29, 0.717) is 13.0 Å². The third-order valence-corrected chi connectivity index (χ3v) is 10.5. The van der Waals surface area contributed by atoms with Gasteiger partial charge in [-0.1, -0.05) is 141 Å². The summed E-state index contributed by atoms with van der Waals surface area (Å²) in [4.78, 5) is 80.6. The first-order valence-corrected chi connectivity index (χ1v) is 21.2. The normalized spacial score (nSPS) is 15.2. The van der Waals surface area contributed by atoms with E-state index < -0.39 is 59.4 Å². The predicted molar refractivity (Wildman–Crippen MR) is 235 cm³/mol. The molecule has 1 heterocycles. The summed E-state index contributed by atoms with van der Waals surface area (Å²) < 4.78 is 10.5. The highest BCUT2D eigenvalue weighted by molar-refractivity contribution is 5.92. The Labute approximate surface area is 363 Å². The molecule has 1 aliphatic rings. The number of rotatable bonds is 21. The van der Waals surface area contributed by atoms with Crippen LogP contribution in [0.25, 0.3) is 0 Å². The van der Waals surface area contributed by atoms with Gasteiger partial charge in [-0.15, -0.1) is 0 Å². The molecule has 4 atom stereocenters. The number of carbonyl (C=O) groups excluding carboxylic acids is 6. The highest BCUT2D eigenvalue weighted by Gasteiger charge is 2.38. The summed E-state index contributed by atoms with van der Waals surface area (Å²) in [5.41, 5.74) is 2.06. The zero-order chi connectivity index (χ0) is 44.3. The van der Waals surface area contributed by atoms with Gasteiger partial charge in [0.2, 0.25) is 23.6 Å². The molecule has 0 radical (unpaired) electrons. The Hall–Kier alpha value is -6.76. The number of alkyl carbamates (subject to hydrolysis) is 1. The molecule has 5 N–H and O–H groups in total. The molecular weight excluding hydrogens is 787 g/mol. The summed E-state index contributed by atoms with van der Waals surface area (Å²) in [6, 6.07) is 34.7. The molecule has 1 aliphatic heterocycles. The lowest BCUT2D eigenvalue weighted by Crippen LogP contribution is -2.55. The van der Waals surface area contributed by atoms with E-state index >= 15 is 0 Å². The molecule has 0 saturated carbocycles. The maximum absolute atomic E-state index is 14.3. The Balaban J connectivity index is 1.39. The van der Waals surface area contributed by atoms with Crippen molar-refractivity contribution >= 4 is 35.7 Å². The molecule has 62 heavy (non-hydrogen) atoms. The molecule has 0 bridgehead atoms. The van der Waals surface area contributed by atoms with Gasteiger partial charge >= 0.3 is 12.1 Å². The lowest BCUT2D eigenvalue weighted by Gasteiger charge is -2.37. The number of carbonyl (C=O) groups is 6. The zero-order valence-corrected chi connectivity index (χ0v) is 35.5. The summed E-state index contributed by atoms with van der Waals surface area (Å²) in [6.45, 7) is 6.08. The Morgan fingerprint density at radius 1 is 0.742 bits per heavy atom. The summed E-state index contributed by atoms with van der Waals surface area (Å²) >= 11 is 0. The average Bonchev–Trinajstić information content (AvgIpc) is 3.69. The van der Waals surface area contributed by atoms with Crippen LogP contribution in [-0.4, -0.2) is 67.0 Å². The fourth-order valence-corrected chi connectivity index (χ4v) is 7.51. The molecule has 5 rings (SSSR count). The molecule has 4 aromatic rings. The second-order valence-corrected chi connectivity index (χ2v) is 15.6. The van der Waals surface area contributed by atoms with Gasteiger partial charge in [0.1, 0.15) is 24.2 Å². The fourth-order valence-electron chi connectivity index (χ4n) is 7.51. The minimum atomic E-state index is -1.30. The lowest BCUT2D eigenvalue weighted by molar-refractivity contribution is -0.137. The van der Waals surface area contributed by atoms with Crippen LogP contribution in [0.3, 0.4) is 0 Å². The Morgan fingerprint density at radius 3 is 1.81 bits per heavy atom. The SMILES string of the molecule is CCOC(=O)C=C[C@H](C[C@@H]1CCNC1=O)NC(=O)[C@H](CC(C)C)NC(=O)[C@H](CCC(=O)NC(c1ccccc1)(c1ccccc1)c1ccccc1)NC(=O)OCc1ccccc1. The molecule has 0 aliphatic carbocycles. The first-order chi connectivity index (χ1) is 30.0. The first kappa shape index (κ1) is 46.3. The van der Waals surface area contributed by atoms with Crippen LogP contribution < -0.4 is 26.6 Å². The molecule has 5 amide bonds. The smallest absolute Gasteiger partial charge is 0.408 e. The Bertz CT molecular complexity index is 2020. The highest BCUT2D eigenvalue weighted by atomic mass is 16.5. The molecule has 326 valence electrons. The quantitative estimate of drug-likeness (QED) is 0.0395. The van der Waals surface area contributed by atoms with Gasteiger partial charge in [0.25, 0.3) is 0 Å². The van der Waals surface area contributed by atoms with Crippen molar-refractivity contribution in [3.63, 3.8) is 0 Å². The molecule has 1 fully saturated rings. The second kappa shape index (κ2) is 23.3. The van der Waals surface area contributed by atoms with Gasteiger partial charge in [-0.05, 0) is 60.8 Å². The largest absolute Gasteiger partial charge is 0.463 e. The van der Waals surface area contributed by atoms with Gasteiger partial charge in [-0.2, -0.15) is 0 Å². The van der Waals surface area contributed by atoms with E-state index in [4.69, 9.17) is 9.47 Å². The predicted octanol–water partition coefficient (Wildman–Crippen LogP) is 5.83. The Morgan fingerprint density at radius 2 is 1.29 bits per heavy atom. The van der Waals surface area contributed by atoms with Crippen molar-refractivity contribution in [2.75, 3.05) is 13.2 Å². The topological polar surface area (TPSA) is 181 Å². The zero-order valence-electron chi connectivity index (χ0n) is 35.5. The van der Waals surface area contributed by atoms with Crippen LogP contribution in [-0.2, 0) is 45.6 Å². The van der Waals surface area contributed by atoms with Gasteiger partial charge in [-0.25, -0.2) is 9.59 Å². The number of amides is 5. The standard InChI is InChI=1S/C49H57N5O8/c1-4-61-44(56)28-25-40(32-36-29-30-50-45(36)57)51-47(59)42(31-34(2)3)52-46(58)41(53-48(60)62-33-35-17-9-5-10-18-35)26-27-43(55)54-49(37-19-11-6-12-20-37,38-21-13-7-14-22-38)39-23-15-8-16-24-39/h5-25,28,34,36,40-42H,4,26-27,29-33H2,1-3H3,(H,50,57)(H,51,59)(H,52,58)(H,53,60)(H,54,55)/t36-,40+,41-,42-/m0/s1. The number of hydrogen-bond acceptors (Lipinski definition) is 8. The van der Waals surface area contributed by atoms with E-state index in [1.807, 2.05) is 123 Å². The minimum Gasteiger partial charge on any atom is -0.463 e. The molecule has 1 saturated heterocycles. The molecule has 13 heteroatoms. The van der Waals surface area contributed by atoms with Crippen molar-refractivity contribution in [2.45, 2.75) is 83.1 Å². The lowest BCUT2D eigenvalue weighted by atomic mass is 9.77. The van der Waals surface area contributed by atoms with E-state index in [9.17, 15) is 28.8 Å². The van der Waals surface area contributed by atoms with Crippen molar-refractivity contribution < 1.29 is 38.2 Å². The molecule has 4 aromatic carbocycles. The van der Waals surface area contributed by atoms with Crippen molar-refractivity contribution in [1.82, 2.24) is 26.6 Å². The number of hydrogen-bond donors (Lipinski definition) is 5. The first-order valence-electron chi connectivity index (χ1n) is 21.2. The number of esters is 1. The third kappa shape index (κ3) is 13.4. The van der Waals surface area contributed by atoms with Crippen molar-refractivity contribution in [1.29, 1.82) is 0 Å². The van der Waals surface area contributed by atoms with E-state index in [1.54, 1.807) is 19.1 Å². The Kier molecular flexibility index (Phi) is 17.4. The molecule has 0 unspecified atom stereocenters. The molecule has 13 nitrogen and oxygen atoms in total. The summed E-state index contributed by atoms with van der Waals surface area (Å²) in [5, 5.41) is 14.5. The maximum Gasteiger partial charge on any atom is 0.408 e. The van der Waals surface area contributed by atoms with Crippen molar-refractivity contribution in [3.8, 4) is 0 Å². The number of ether oxygens (including phenoxy) is 2. The molecule has 0 spiro atoms.